The predicted octanol–water partition coefficient (Wildman–Crippen LogP) is 4.06. The van der Waals surface area contributed by atoms with Crippen molar-refractivity contribution in [2.24, 2.45) is 34.0 Å². The first kappa shape index (κ1) is 23.4. The van der Waals surface area contributed by atoms with E-state index in [1.165, 1.54) is 0 Å². The lowest BCUT2D eigenvalue weighted by molar-refractivity contribution is -0.354. The average molecular weight is 437 g/mol. The van der Waals surface area contributed by atoms with Crippen LogP contribution in [0.25, 0.3) is 0 Å². The van der Waals surface area contributed by atoms with E-state index in [1.54, 1.807) is 7.11 Å². The van der Waals surface area contributed by atoms with Gasteiger partial charge in [-0.1, -0.05) is 33.8 Å². The van der Waals surface area contributed by atoms with E-state index in [4.69, 9.17) is 18.9 Å². The topological polar surface area (TPSA) is 74.2 Å². The summed E-state index contributed by atoms with van der Waals surface area (Å²) in [5.74, 6) is 0.652. The van der Waals surface area contributed by atoms with E-state index in [9.17, 15) is 9.90 Å². The van der Waals surface area contributed by atoms with Crippen molar-refractivity contribution in [3.63, 3.8) is 0 Å². The van der Waals surface area contributed by atoms with Gasteiger partial charge in [-0.15, -0.1) is 0 Å². The van der Waals surface area contributed by atoms with Gasteiger partial charge < -0.3 is 24.1 Å². The molecule has 4 fully saturated rings. The second-order valence-corrected chi connectivity index (χ2v) is 11.0. The zero-order valence-electron chi connectivity index (χ0n) is 19.9. The Balaban J connectivity index is 1.78. The lowest BCUT2D eigenvalue weighted by Gasteiger charge is -2.62. The molecule has 1 N–H and O–H groups in total. The van der Waals surface area contributed by atoms with Crippen molar-refractivity contribution in [1.29, 1.82) is 0 Å². The first-order chi connectivity index (χ1) is 14.6. The molecule has 6 heteroatoms. The zero-order valence-corrected chi connectivity index (χ0v) is 19.9. The van der Waals surface area contributed by atoms with E-state index in [0.29, 0.717) is 24.5 Å². The molecule has 4 rings (SSSR count). The number of carbonyl (C=O) groups excluding carboxylic acids is 1. The fourth-order valence-corrected chi connectivity index (χ4v) is 7.56. The fourth-order valence-electron chi connectivity index (χ4n) is 7.56. The number of aliphatic hydroxyl groups excluding tert-OH is 1. The minimum Gasteiger partial charge on any atom is -0.392 e. The van der Waals surface area contributed by atoms with Crippen LogP contribution in [0, 0.1) is 34.0 Å². The van der Waals surface area contributed by atoms with E-state index in [1.807, 2.05) is 13.0 Å². The molecule has 1 saturated heterocycles. The number of carbonyl (C=O) groups is 1. The molecule has 31 heavy (non-hydrogen) atoms. The lowest BCUT2D eigenvalue weighted by Crippen LogP contribution is -2.62. The smallest absolute Gasteiger partial charge is 0.183 e. The number of aliphatic hydroxyl groups is 1. The van der Waals surface area contributed by atoms with E-state index in [2.05, 4.69) is 33.8 Å². The van der Waals surface area contributed by atoms with Crippen LogP contribution in [0.5, 0.6) is 0 Å². The highest BCUT2D eigenvalue weighted by Gasteiger charge is 2.67. The highest BCUT2D eigenvalue weighted by molar-refractivity contribution is 5.85. The van der Waals surface area contributed by atoms with Gasteiger partial charge in [-0.2, -0.15) is 0 Å². The summed E-state index contributed by atoms with van der Waals surface area (Å²) >= 11 is 0. The highest BCUT2D eigenvalue weighted by atomic mass is 16.9. The second-order valence-electron chi connectivity index (χ2n) is 11.0. The Morgan fingerprint density at radius 2 is 1.90 bits per heavy atom. The van der Waals surface area contributed by atoms with E-state index in [-0.39, 0.29) is 42.7 Å². The Bertz CT molecular complexity index is 717. The molecule has 8 atom stereocenters. The van der Waals surface area contributed by atoms with Gasteiger partial charge in [-0.05, 0) is 55.9 Å². The Labute approximate surface area is 186 Å². The minimum atomic E-state index is -0.604. The van der Waals surface area contributed by atoms with Crippen LogP contribution in [0.15, 0.2) is 12.2 Å². The minimum absolute atomic E-state index is 0.116. The van der Waals surface area contributed by atoms with E-state index < -0.39 is 16.9 Å². The lowest BCUT2D eigenvalue weighted by atomic mass is 9.44. The maximum atomic E-state index is 13.3. The summed E-state index contributed by atoms with van der Waals surface area (Å²) in [7, 11) is 1.63. The molecule has 1 aliphatic heterocycles. The van der Waals surface area contributed by atoms with Crippen molar-refractivity contribution >= 4 is 5.78 Å². The summed E-state index contributed by atoms with van der Waals surface area (Å²) < 4.78 is 22.9. The molecule has 1 heterocycles. The molecule has 3 aliphatic carbocycles. The quantitative estimate of drug-likeness (QED) is 0.518. The van der Waals surface area contributed by atoms with E-state index >= 15 is 0 Å². The number of Topliss-reactive ketones (excluding diaryl/α,β-unsaturated/α-hetero) is 1. The molecule has 0 aromatic rings. The summed E-state index contributed by atoms with van der Waals surface area (Å²) in [6.45, 7) is 10.8. The van der Waals surface area contributed by atoms with Gasteiger partial charge in [0.1, 0.15) is 12.6 Å². The van der Waals surface area contributed by atoms with Crippen molar-refractivity contribution in [3.8, 4) is 0 Å². The van der Waals surface area contributed by atoms with Gasteiger partial charge in [0.25, 0.3) is 0 Å². The van der Waals surface area contributed by atoms with Crippen LogP contribution in [-0.4, -0.2) is 49.6 Å². The molecular weight excluding hydrogens is 396 g/mol. The molecular formula is C25H40O6. The number of ketones is 1. The normalized spacial score (nSPS) is 52.5. The Morgan fingerprint density at radius 3 is 2.55 bits per heavy atom. The van der Waals surface area contributed by atoms with Crippen LogP contribution in [0.2, 0.25) is 0 Å². The third-order valence-electron chi connectivity index (χ3n) is 9.47. The van der Waals surface area contributed by atoms with Gasteiger partial charge in [0, 0.05) is 30.3 Å². The van der Waals surface area contributed by atoms with Gasteiger partial charge >= 0.3 is 0 Å². The maximum Gasteiger partial charge on any atom is 0.183 e. The molecule has 0 radical (unpaired) electrons. The second kappa shape index (κ2) is 8.21. The van der Waals surface area contributed by atoms with Crippen molar-refractivity contribution in [2.45, 2.75) is 91.5 Å². The molecule has 6 nitrogen and oxygen atoms in total. The molecule has 0 spiro atoms. The van der Waals surface area contributed by atoms with Gasteiger partial charge in [0.05, 0.1) is 12.2 Å². The number of hydrogen-bond acceptors (Lipinski definition) is 6. The van der Waals surface area contributed by atoms with Crippen molar-refractivity contribution in [3.05, 3.63) is 12.2 Å². The third-order valence-corrected chi connectivity index (χ3v) is 9.47. The predicted molar refractivity (Wildman–Crippen MR) is 116 cm³/mol. The Kier molecular flexibility index (Phi) is 6.19. The monoisotopic (exact) mass is 436 g/mol. The van der Waals surface area contributed by atoms with Gasteiger partial charge in [-0.25, -0.2) is 0 Å². The molecule has 0 aromatic carbocycles. The molecule has 0 amide bonds. The van der Waals surface area contributed by atoms with Crippen LogP contribution >= 0.6 is 0 Å². The van der Waals surface area contributed by atoms with Crippen molar-refractivity contribution in [1.82, 2.24) is 0 Å². The van der Waals surface area contributed by atoms with E-state index in [0.717, 1.165) is 19.3 Å². The summed E-state index contributed by atoms with van der Waals surface area (Å²) in [6, 6.07) is 0. The molecule has 4 aliphatic rings. The largest absolute Gasteiger partial charge is 0.392 e. The first-order valence-corrected chi connectivity index (χ1v) is 11.9. The molecule has 0 aromatic heterocycles. The Hall–Kier alpha value is -0.790. The van der Waals surface area contributed by atoms with Crippen LogP contribution in [0.3, 0.4) is 0 Å². The third kappa shape index (κ3) is 3.54. The van der Waals surface area contributed by atoms with Crippen LogP contribution in [0.4, 0.5) is 0 Å². The van der Waals surface area contributed by atoms with Crippen LogP contribution in [-0.2, 0) is 23.7 Å². The summed E-state index contributed by atoms with van der Waals surface area (Å²) in [4.78, 5) is 13.3. The van der Waals surface area contributed by atoms with Crippen molar-refractivity contribution < 1.29 is 28.8 Å². The average Bonchev–Trinajstić information content (AvgIpc) is 3.05. The van der Waals surface area contributed by atoms with Crippen LogP contribution in [0.1, 0.15) is 66.7 Å². The molecule has 2 unspecified atom stereocenters. The summed E-state index contributed by atoms with van der Waals surface area (Å²) in [5, 5.41) is 11.7. The molecule has 3 saturated carbocycles. The SMILES string of the molecule is COCO[C@H]1[C@H](C)C23CCC(=O)C2[C@@](C)([C@H](C)CC3)[C@H](O)C[C@@]1(C)/C=C/C1OC(C)O1. The van der Waals surface area contributed by atoms with Crippen molar-refractivity contribution in [2.75, 3.05) is 13.9 Å². The van der Waals surface area contributed by atoms with Crippen LogP contribution < -0.4 is 0 Å². The maximum absolute atomic E-state index is 13.3. The number of rotatable bonds is 5. The van der Waals surface area contributed by atoms with Gasteiger partial charge in [0.15, 0.2) is 12.6 Å². The first-order valence-electron chi connectivity index (χ1n) is 11.9. The molecule has 176 valence electrons. The standard InChI is InChI=1S/C25H40O6/c1-15-7-11-25-12-8-18(26)21(25)24(15,5)19(27)13-23(4,10-9-20-30-17(3)31-20)22(16(25)2)29-14-28-6/h9-10,15-17,19-22,27H,7-8,11-14H2,1-6H3/b10-9+/t15-,16+,17?,19-,20?,21?,22+,23-,24+,25?/m1/s1. The number of hydrogen-bond donors (Lipinski definition) is 1. The summed E-state index contributed by atoms with van der Waals surface area (Å²) in [6.07, 6.45) is 6.76. The van der Waals surface area contributed by atoms with Gasteiger partial charge in [0.2, 0.25) is 0 Å². The van der Waals surface area contributed by atoms with Gasteiger partial charge in [-0.3, -0.25) is 4.79 Å². The Morgan fingerprint density at radius 1 is 1.19 bits per heavy atom. The highest BCUT2D eigenvalue weighted by Crippen LogP contribution is 2.67. The summed E-state index contributed by atoms with van der Waals surface area (Å²) in [5.41, 5.74) is -1.03. The fraction of sp³-hybridized carbons (Fsp3) is 0.880. The zero-order chi connectivity index (χ0) is 22.6. The molecule has 2 bridgehead atoms. The number of ether oxygens (including phenoxy) is 4. The number of methoxy groups -OCH3 is 1.